The van der Waals surface area contributed by atoms with E-state index in [9.17, 15) is 4.79 Å². The predicted octanol–water partition coefficient (Wildman–Crippen LogP) is 2.99. The molecule has 0 aromatic carbocycles. The molecule has 3 atom stereocenters. The van der Waals surface area contributed by atoms with Gasteiger partial charge in [-0.05, 0) is 24.7 Å². The van der Waals surface area contributed by atoms with Gasteiger partial charge in [0.25, 0.3) is 0 Å². The van der Waals surface area contributed by atoms with Crippen molar-refractivity contribution < 1.29 is 9.53 Å². The SMILES string of the molecule is CCC(C)CC(CC)N[C@H](C(=O)OC)C(C)C. The number of carbonyl (C=O) groups is 1. The Hall–Kier alpha value is -0.570. The Balaban J connectivity index is 4.43. The van der Waals surface area contributed by atoms with Crippen LogP contribution in [0.4, 0.5) is 0 Å². The first-order valence-electron chi connectivity index (χ1n) is 6.80. The number of esters is 1. The average molecular weight is 243 g/mol. The van der Waals surface area contributed by atoms with E-state index >= 15 is 0 Å². The van der Waals surface area contributed by atoms with Crippen LogP contribution in [-0.4, -0.2) is 25.2 Å². The van der Waals surface area contributed by atoms with Crippen LogP contribution in [0.2, 0.25) is 0 Å². The van der Waals surface area contributed by atoms with Crippen molar-refractivity contribution >= 4 is 5.97 Å². The molecule has 0 aliphatic heterocycles. The summed E-state index contributed by atoms with van der Waals surface area (Å²) in [6, 6.07) is 0.213. The van der Waals surface area contributed by atoms with Gasteiger partial charge >= 0.3 is 5.97 Å². The summed E-state index contributed by atoms with van der Waals surface area (Å²) in [5.41, 5.74) is 0. The van der Waals surface area contributed by atoms with E-state index in [4.69, 9.17) is 4.74 Å². The summed E-state index contributed by atoms with van der Waals surface area (Å²) in [7, 11) is 1.45. The minimum Gasteiger partial charge on any atom is -0.468 e. The highest BCUT2D eigenvalue weighted by Crippen LogP contribution is 2.14. The van der Waals surface area contributed by atoms with Gasteiger partial charge in [-0.2, -0.15) is 0 Å². The average Bonchev–Trinajstić information content (AvgIpc) is 2.32. The zero-order chi connectivity index (χ0) is 13.4. The molecule has 2 unspecified atom stereocenters. The van der Waals surface area contributed by atoms with Crippen LogP contribution >= 0.6 is 0 Å². The van der Waals surface area contributed by atoms with Crippen molar-refractivity contribution in [3.8, 4) is 0 Å². The molecule has 0 spiro atoms. The molecule has 0 amide bonds. The fourth-order valence-electron chi connectivity index (χ4n) is 1.92. The van der Waals surface area contributed by atoms with Gasteiger partial charge < -0.3 is 10.1 Å². The van der Waals surface area contributed by atoms with E-state index in [1.54, 1.807) is 0 Å². The van der Waals surface area contributed by atoms with Gasteiger partial charge in [-0.25, -0.2) is 0 Å². The highest BCUT2D eigenvalue weighted by Gasteiger charge is 2.25. The standard InChI is InChI=1S/C14H29NO2/c1-7-11(5)9-12(8-2)15-13(10(3)4)14(16)17-6/h10-13,15H,7-9H2,1-6H3/t11?,12?,13-/m0/s1. The Morgan fingerprint density at radius 3 is 2.12 bits per heavy atom. The maximum Gasteiger partial charge on any atom is 0.323 e. The van der Waals surface area contributed by atoms with Crippen LogP contribution in [0.5, 0.6) is 0 Å². The van der Waals surface area contributed by atoms with Gasteiger partial charge in [0.1, 0.15) is 6.04 Å². The largest absolute Gasteiger partial charge is 0.468 e. The van der Waals surface area contributed by atoms with Gasteiger partial charge in [-0.3, -0.25) is 4.79 Å². The van der Waals surface area contributed by atoms with Crippen molar-refractivity contribution in [2.45, 2.75) is 66.0 Å². The maximum atomic E-state index is 11.7. The molecule has 1 N–H and O–H groups in total. The number of ether oxygens (including phenoxy) is 1. The highest BCUT2D eigenvalue weighted by atomic mass is 16.5. The van der Waals surface area contributed by atoms with Crippen LogP contribution in [0.3, 0.4) is 0 Å². The number of methoxy groups -OCH3 is 1. The van der Waals surface area contributed by atoms with E-state index in [1.807, 2.05) is 13.8 Å². The summed E-state index contributed by atoms with van der Waals surface area (Å²) < 4.78 is 4.85. The van der Waals surface area contributed by atoms with Crippen molar-refractivity contribution in [2.75, 3.05) is 7.11 Å². The van der Waals surface area contributed by atoms with Crippen molar-refractivity contribution in [3.05, 3.63) is 0 Å². The molecule has 0 aliphatic rings. The molecule has 0 saturated carbocycles. The first kappa shape index (κ1) is 16.4. The van der Waals surface area contributed by atoms with Gasteiger partial charge in [0.2, 0.25) is 0 Å². The summed E-state index contributed by atoms with van der Waals surface area (Å²) in [5, 5.41) is 3.44. The molecule has 0 fully saturated rings. The van der Waals surface area contributed by atoms with E-state index in [0.29, 0.717) is 12.0 Å². The summed E-state index contributed by atoms with van der Waals surface area (Å²) in [4.78, 5) is 11.7. The second-order valence-corrected chi connectivity index (χ2v) is 5.27. The minimum atomic E-state index is -0.186. The molecular formula is C14H29NO2. The predicted molar refractivity (Wildman–Crippen MR) is 71.9 cm³/mol. The molecule has 17 heavy (non-hydrogen) atoms. The zero-order valence-corrected chi connectivity index (χ0v) is 12.2. The Bertz CT molecular complexity index is 216. The fourth-order valence-corrected chi connectivity index (χ4v) is 1.92. The van der Waals surface area contributed by atoms with Gasteiger partial charge in [0.05, 0.1) is 7.11 Å². The van der Waals surface area contributed by atoms with Gasteiger partial charge in [0, 0.05) is 6.04 Å². The Morgan fingerprint density at radius 2 is 1.76 bits per heavy atom. The quantitative estimate of drug-likeness (QED) is 0.666. The van der Waals surface area contributed by atoms with Gasteiger partial charge in [-0.15, -0.1) is 0 Å². The van der Waals surface area contributed by atoms with Gasteiger partial charge in [-0.1, -0.05) is 41.0 Å². The van der Waals surface area contributed by atoms with E-state index in [0.717, 1.165) is 12.8 Å². The molecule has 0 heterocycles. The third kappa shape index (κ3) is 6.06. The van der Waals surface area contributed by atoms with Crippen LogP contribution in [0.25, 0.3) is 0 Å². The molecule has 102 valence electrons. The Kier molecular flexibility index (Phi) is 8.23. The Morgan fingerprint density at radius 1 is 1.18 bits per heavy atom. The van der Waals surface area contributed by atoms with Crippen molar-refractivity contribution in [1.29, 1.82) is 0 Å². The fraction of sp³-hybridized carbons (Fsp3) is 0.929. The van der Waals surface area contributed by atoms with Crippen LogP contribution in [-0.2, 0) is 9.53 Å². The maximum absolute atomic E-state index is 11.7. The minimum absolute atomic E-state index is 0.150. The molecule has 0 rings (SSSR count). The first-order chi connectivity index (χ1) is 7.96. The molecule has 3 nitrogen and oxygen atoms in total. The summed E-state index contributed by atoms with van der Waals surface area (Å²) in [5.74, 6) is 0.800. The lowest BCUT2D eigenvalue weighted by atomic mass is 9.95. The first-order valence-corrected chi connectivity index (χ1v) is 6.80. The molecule has 3 heteroatoms. The number of carbonyl (C=O) groups excluding carboxylic acids is 1. The second kappa shape index (κ2) is 8.51. The second-order valence-electron chi connectivity index (χ2n) is 5.27. The lowest BCUT2D eigenvalue weighted by Gasteiger charge is -2.27. The van der Waals surface area contributed by atoms with Gasteiger partial charge in [0.15, 0.2) is 0 Å². The van der Waals surface area contributed by atoms with E-state index in [1.165, 1.54) is 13.5 Å². The normalized spacial score (nSPS) is 16.6. The molecule has 0 aromatic rings. The summed E-state index contributed by atoms with van der Waals surface area (Å²) in [6.45, 7) is 10.7. The van der Waals surface area contributed by atoms with Crippen LogP contribution in [0.1, 0.15) is 53.9 Å². The van der Waals surface area contributed by atoms with E-state index in [-0.39, 0.29) is 17.9 Å². The zero-order valence-electron chi connectivity index (χ0n) is 12.2. The number of hydrogen-bond donors (Lipinski definition) is 1. The molecular weight excluding hydrogens is 214 g/mol. The van der Waals surface area contributed by atoms with E-state index in [2.05, 4.69) is 26.1 Å². The molecule has 0 saturated heterocycles. The van der Waals surface area contributed by atoms with Crippen molar-refractivity contribution in [3.63, 3.8) is 0 Å². The number of rotatable bonds is 8. The Labute approximate surface area is 106 Å². The summed E-state index contributed by atoms with van der Waals surface area (Å²) >= 11 is 0. The monoisotopic (exact) mass is 243 g/mol. The van der Waals surface area contributed by atoms with Crippen molar-refractivity contribution in [1.82, 2.24) is 5.32 Å². The molecule has 0 aliphatic carbocycles. The summed E-state index contributed by atoms with van der Waals surface area (Å²) in [6.07, 6.45) is 3.35. The molecule has 0 bridgehead atoms. The lowest BCUT2D eigenvalue weighted by Crippen LogP contribution is -2.47. The smallest absolute Gasteiger partial charge is 0.323 e. The van der Waals surface area contributed by atoms with E-state index < -0.39 is 0 Å². The third-order valence-electron chi connectivity index (χ3n) is 3.41. The van der Waals surface area contributed by atoms with Crippen molar-refractivity contribution in [2.24, 2.45) is 11.8 Å². The highest BCUT2D eigenvalue weighted by molar-refractivity contribution is 5.75. The molecule has 0 aromatic heterocycles. The number of nitrogens with one attached hydrogen (secondary N) is 1. The topological polar surface area (TPSA) is 38.3 Å². The van der Waals surface area contributed by atoms with Crippen LogP contribution in [0, 0.1) is 11.8 Å². The third-order valence-corrected chi connectivity index (χ3v) is 3.41. The lowest BCUT2D eigenvalue weighted by molar-refractivity contribution is -0.144. The van der Waals surface area contributed by atoms with Crippen LogP contribution in [0.15, 0.2) is 0 Å². The van der Waals surface area contributed by atoms with Crippen LogP contribution < -0.4 is 5.32 Å². The molecule has 0 radical (unpaired) electrons. The number of hydrogen-bond acceptors (Lipinski definition) is 3.